The topological polar surface area (TPSA) is 100 Å². The summed E-state index contributed by atoms with van der Waals surface area (Å²) in [7, 11) is -1.02. The van der Waals surface area contributed by atoms with Crippen LogP contribution in [0.1, 0.15) is 24.2 Å². The number of methoxy groups -OCH3 is 2. The van der Waals surface area contributed by atoms with Crippen LogP contribution in [0.4, 0.5) is 11.4 Å². The van der Waals surface area contributed by atoms with Crippen molar-refractivity contribution in [2.75, 3.05) is 63.1 Å². The highest BCUT2D eigenvalue weighted by molar-refractivity contribution is 7.92. The van der Waals surface area contributed by atoms with Gasteiger partial charge in [0.25, 0.3) is 15.9 Å². The molecule has 0 radical (unpaired) electrons. The molecule has 10 heteroatoms. The molecule has 0 bridgehead atoms. The maximum absolute atomic E-state index is 13.3. The Kier molecular flexibility index (Phi) is 8.04. The number of hydrogen-bond acceptors (Lipinski definition) is 7. The van der Waals surface area contributed by atoms with Crippen molar-refractivity contribution in [2.45, 2.75) is 18.7 Å². The molecule has 2 aromatic rings. The fraction of sp³-hybridized carbons (Fsp3) is 0.435. The van der Waals surface area contributed by atoms with E-state index in [-0.39, 0.29) is 10.8 Å². The number of nitrogens with one attached hydrogen (secondary N) is 2. The summed E-state index contributed by atoms with van der Waals surface area (Å²) in [6.45, 7) is 8.02. The van der Waals surface area contributed by atoms with Gasteiger partial charge in [-0.1, -0.05) is 0 Å². The third-order valence-electron chi connectivity index (χ3n) is 5.66. The van der Waals surface area contributed by atoms with Gasteiger partial charge >= 0.3 is 0 Å². The standard InChI is InChI=1S/C23H32N4O5S/c1-5-26(6-2)23(28)17-7-9-20(27-13-11-24-12-14-27)19(15-17)25-33(29,30)18-8-10-21(31-3)22(16-18)32-4/h7-10,15-16,24-25H,5-6,11-14H2,1-4H3. The summed E-state index contributed by atoms with van der Waals surface area (Å²) in [4.78, 5) is 16.8. The predicted molar refractivity (Wildman–Crippen MR) is 129 cm³/mol. The summed E-state index contributed by atoms with van der Waals surface area (Å²) >= 11 is 0. The van der Waals surface area contributed by atoms with Crippen LogP contribution in [-0.4, -0.2) is 72.7 Å². The summed E-state index contributed by atoms with van der Waals surface area (Å²) in [6, 6.07) is 9.61. The molecular formula is C23H32N4O5S. The van der Waals surface area contributed by atoms with Crippen molar-refractivity contribution in [3.05, 3.63) is 42.0 Å². The number of benzene rings is 2. The van der Waals surface area contributed by atoms with Gasteiger partial charge in [-0.3, -0.25) is 9.52 Å². The Morgan fingerprint density at radius 1 is 1.03 bits per heavy atom. The Morgan fingerprint density at radius 2 is 1.70 bits per heavy atom. The fourth-order valence-corrected chi connectivity index (χ4v) is 4.89. The number of rotatable bonds is 9. The highest BCUT2D eigenvalue weighted by Crippen LogP contribution is 2.33. The van der Waals surface area contributed by atoms with Crippen molar-refractivity contribution < 1.29 is 22.7 Å². The summed E-state index contributed by atoms with van der Waals surface area (Å²) < 4.78 is 39.8. The van der Waals surface area contributed by atoms with Gasteiger partial charge < -0.3 is 24.6 Å². The van der Waals surface area contributed by atoms with E-state index in [1.807, 2.05) is 19.9 Å². The molecule has 1 aliphatic rings. The van der Waals surface area contributed by atoms with Crippen molar-refractivity contribution in [1.82, 2.24) is 10.2 Å². The molecular weight excluding hydrogens is 444 g/mol. The maximum atomic E-state index is 13.3. The summed E-state index contributed by atoms with van der Waals surface area (Å²) in [5.41, 5.74) is 1.53. The van der Waals surface area contributed by atoms with E-state index in [0.29, 0.717) is 35.8 Å². The molecule has 2 N–H and O–H groups in total. The molecule has 3 rings (SSSR count). The molecule has 33 heavy (non-hydrogen) atoms. The first-order chi connectivity index (χ1) is 15.8. The fourth-order valence-electron chi connectivity index (χ4n) is 3.81. The van der Waals surface area contributed by atoms with E-state index in [1.54, 1.807) is 23.1 Å². The minimum absolute atomic E-state index is 0.0342. The van der Waals surface area contributed by atoms with Crippen LogP contribution >= 0.6 is 0 Å². The van der Waals surface area contributed by atoms with E-state index in [2.05, 4.69) is 14.9 Å². The number of sulfonamides is 1. The Morgan fingerprint density at radius 3 is 2.30 bits per heavy atom. The smallest absolute Gasteiger partial charge is 0.262 e. The van der Waals surface area contributed by atoms with Crippen LogP contribution in [0, 0.1) is 0 Å². The normalized spacial score (nSPS) is 14.0. The predicted octanol–water partition coefficient (Wildman–Crippen LogP) is 2.40. The minimum atomic E-state index is -3.96. The number of hydrogen-bond donors (Lipinski definition) is 2. The van der Waals surface area contributed by atoms with Crippen LogP contribution in [0.15, 0.2) is 41.3 Å². The number of amides is 1. The molecule has 0 spiro atoms. The largest absolute Gasteiger partial charge is 0.493 e. The van der Waals surface area contributed by atoms with Gasteiger partial charge in [-0.2, -0.15) is 0 Å². The lowest BCUT2D eigenvalue weighted by molar-refractivity contribution is 0.0773. The second-order valence-electron chi connectivity index (χ2n) is 7.57. The lowest BCUT2D eigenvalue weighted by Gasteiger charge is -2.31. The lowest BCUT2D eigenvalue weighted by Crippen LogP contribution is -2.43. The SMILES string of the molecule is CCN(CC)C(=O)c1ccc(N2CCNCC2)c(NS(=O)(=O)c2ccc(OC)c(OC)c2)c1. The lowest BCUT2D eigenvalue weighted by atomic mass is 10.1. The Hall–Kier alpha value is -2.98. The number of ether oxygens (including phenoxy) is 2. The van der Waals surface area contributed by atoms with Gasteiger partial charge in [-0.25, -0.2) is 8.42 Å². The van der Waals surface area contributed by atoms with Gasteiger partial charge in [0.05, 0.1) is 30.5 Å². The summed E-state index contributed by atoms with van der Waals surface area (Å²) in [5.74, 6) is 0.608. The second kappa shape index (κ2) is 10.8. The van der Waals surface area contributed by atoms with Gasteiger partial charge in [0, 0.05) is 50.9 Å². The van der Waals surface area contributed by atoms with Gasteiger partial charge in [-0.15, -0.1) is 0 Å². The Balaban J connectivity index is 2.02. The van der Waals surface area contributed by atoms with E-state index in [1.165, 1.54) is 26.4 Å². The highest BCUT2D eigenvalue weighted by Gasteiger charge is 2.23. The quantitative estimate of drug-likeness (QED) is 0.573. The van der Waals surface area contributed by atoms with Crippen molar-refractivity contribution in [2.24, 2.45) is 0 Å². The molecule has 0 saturated carbocycles. The molecule has 0 atom stereocenters. The molecule has 1 heterocycles. The molecule has 0 unspecified atom stereocenters. The number of anilines is 2. The van der Waals surface area contributed by atoms with E-state index in [0.717, 1.165) is 31.9 Å². The molecule has 1 amide bonds. The van der Waals surface area contributed by atoms with Crippen molar-refractivity contribution >= 4 is 27.3 Å². The highest BCUT2D eigenvalue weighted by atomic mass is 32.2. The summed E-state index contributed by atoms with van der Waals surface area (Å²) in [6.07, 6.45) is 0. The molecule has 1 saturated heterocycles. The van der Waals surface area contributed by atoms with Crippen LogP contribution in [0.3, 0.4) is 0 Å². The molecule has 2 aromatic carbocycles. The molecule has 1 fully saturated rings. The first-order valence-corrected chi connectivity index (χ1v) is 12.5. The van der Waals surface area contributed by atoms with Crippen LogP contribution in [-0.2, 0) is 10.0 Å². The summed E-state index contributed by atoms with van der Waals surface area (Å²) in [5, 5.41) is 3.29. The average Bonchev–Trinajstić information content (AvgIpc) is 2.84. The van der Waals surface area contributed by atoms with E-state index in [9.17, 15) is 13.2 Å². The molecule has 9 nitrogen and oxygen atoms in total. The second-order valence-corrected chi connectivity index (χ2v) is 9.25. The maximum Gasteiger partial charge on any atom is 0.262 e. The third kappa shape index (κ3) is 5.51. The molecule has 0 aliphatic carbocycles. The van der Waals surface area contributed by atoms with E-state index >= 15 is 0 Å². The first-order valence-electron chi connectivity index (χ1n) is 11.0. The monoisotopic (exact) mass is 476 g/mol. The van der Waals surface area contributed by atoms with E-state index in [4.69, 9.17) is 9.47 Å². The Labute approximate surface area is 195 Å². The van der Waals surface area contributed by atoms with Gasteiger partial charge in [-0.05, 0) is 44.2 Å². The average molecular weight is 477 g/mol. The third-order valence-corrected chi connectivity index (χ3v) is 7.02. The van der Waals surface area contributed by atoms with Crippen molar-refractivity contribution in [1.29, 1.82) is 0 Å². The zero-order chi connectivity index (χ0) is 24.0. The van der Waals surface area contributed by atoms with Crippen molar-refractivity contribution in [3.8, 4) is 11.5 Å². The zero-order valence-electron chi connectivity index (χ0n) is 19.6. The van der Waals surface area contributed by atoms with Crippen LogP contribution in [0.5, 0.6) is 11.5 Å². The first kappa shape index (κ1) is 24.7. The number of nitrogens with zero attached hydrogens (tertiary/aromatic N) is 2. The number of carbonyl (C=O) groups is 1. The van der Waals surface area contributed by atoms with E-state index < -0.39 is 10.0 Å². The van der Waals surface area contributed by atoms with Crippen molar-refractivity contribution in [3.63, 3.8) is 0 Å². The molecule has 1 aliphatic heterocycles. The van der Waals surface area contributed by atoms with Gasteiger partial charge in [0.2, 0.25) is 0 Å². The number of carbonyl (C=O) groups excluding carboxylic acids is 1. The minimum Gasteiger partial charge on any atom is -0.493 e. The van der Waals surface area contributed by atoms with Gasteiger partial charge in [0.1, 0.15) is 0 Å². The van der Waals surface area contributed by atoms with Crippen LogP contribution in [0.2, 0.25) is 0 Å². The number of piperazine rings is 1. The molecule has 180 valence electrons. The van der Waals surface area contributed by atoms with Gasteiger partial charge in [0.15, 0.2) is 11.5 Å². The Bertz CT molecular complexity index is 1080. The zero-order valence-corrected chi connectivity index (χ0v) is 20.4. The molecule has 0 aromatic heterocycles. The van der Waals surface area contributed by atoms with Crippen LogP contribution in [0.25, 0.3) is 0 Å². The van der Waals surface area contributed by atoms with Crippen LogP contribution < -0.4 is 24.4 Å².